The Morgan fingerprint density at radius 2 is 2.05 bits per heavy atom. The van der Waals surface area contributed by atoms with E-state index in [0.29, 0.717) is 11.6 Å². The molecule has 0 unspecified atom stereocenters. The molecule has 0 bridgehead atoms. The van der Waals surface area contributed by atoms with Gasteiger partial charge in [-0.3, -0.25) is 4.79 Å². The molecule has 1 heterocycles. The number of rotatable bonds is 6. The summed E-state index contributed by atoms with van der Waals surface area (Å²) in [6, 6.07) is 8.28. The molecule has 0 radical (unpaired) electrons. The molecule has 2 aromatic rings. The van der Waals surface area contributed by atoms with Crippen LogP contribution in [0.25, 0.3) is 0 Å². The highest BCUT2D eigenvalue weighted by molar-refractivity contribution is 9.10. The lowest BCUT2D eigenvalue weighted by molar-refractivity contribution is -0.116. The number of benzene rings is 1. The standard InChI is InChI=1S/C16H19BrN2OS/c1-3-4-5-15(20)19-16-18-11(2)14(21-16)10-12-6-8-13(17)9-7-12/h6-9H,3-5,10H2,1-2H3,(H,18,19,20). The molecule has 2 rings (SSSR count). The summed E-state index contributed by atoms with van der Waals surface area (Å²) in [6.07, 6.45) is 3.36. The number of thiazole rings is 1. The lowest BCUT2D eigenvalue weighted by atomic mass is 10.1. The minimum atomic E-state index is 0.0563. The summed E-state index contributed by atoms with van der Waals surface area (Å²) in [5.74, 6) is 0.0563. The number of aryl methyl sites for hydroxylation is 1. The summed E-state index contributed by atoms with van der Waals surface area (Å²) in [7, 11) is 0. The van der Waals surface area contributed by atoms with E-state index in [1.54, 1.807) is 11.3 Å². The van der Waals surface area contributed by atoms with Crippen LogP contribution in [0.5, 0.6) is 0 Å². The molecule has 1 amide bonds. The predicted molar refractivity (Wildman–Crippen MR) is 92.0 cm³/mol. The molecular formula is C16H19BrN2OS. The molecule has 0 atom stereocenters. The molecule has 0 saturated carbocycles. The second-order valence-electron chi connectivity index (χ2n) is 4.98. The summed E-state index contributed by atoms with van der Waals surface area (Å²) < 4.78 is 1.08. The maximum Gasteiger partial charge on any atom is 0.226 e. The van der Waals surface area contributed by atoms with Crippen molar-refractivity contribution in [2.45, 2.75) is 39.5 Å². The molecule has 112 valence electrons. The van der Waals surface area contributed by atoms with Gasteiger partial charge in [0.2, 0.25) is 5.91 Å². The van der Waals surface area contributed by atoms with Crippen molar-refractivity contribution in [2.75, 3.05) is 5.32 Å². The molecule has 0 fully saturated rings. The maximum atomic E-state index is 11.7. The Morgan fingerprint density at radius 3 is 2.71 bits per heavy atom. The number of amides is 1. The third kappa shape index (κ3) is 4.93. The average Bonchev–Trinajstić information content (AvgIpc) is 2.79. The highest BCUT2D eigenvalue weighted by atomic mass is 79.9. The number of hydrogen-bond donors (Lipinski definition) is 1. The number of halogens is 1. The number of nitrogens with one attached hydrogen (secondary N) is 1. The Hall–Kier alpha value is -1.20. The lowest BCUT2D eigenvalue weighted by Crippen LogP contribution is -2.10. The Kier molecular flexibility index (Phi) is 5.94. The number of carbonyl (C=O) groups excluding carboxylic acids is 1. The van der Waals surface area contributed by atoms with Gasteiger partial charge in [0.15, 0.2) is 5.13 Å². The van der Waals surface area contributed by atoms with E-state index in [2.05, 4.69) is 45.3 Å². The number of anilines is 1. The first kappa shape index (κ1) is 16.2. The van der Waals surface area contributed by atoms with E-state index in [1.165, 1.54) is 10.4 Å². The van der Waals surface area contributed by atoms with Gasteiger partial charge in [0.1, 0.15) is 0 Å². The molecule has 5 heteroatoms. The monoisotopic (exact) mass is 366 g/mol. The average molecular weight is 367 g/mol. The number of carbonyl (C=O) groups is 1. The second kappa shape index (κ2) is 7.71. The summed E-state index contributed by atoms with van der Waals surface area (Å²) >= 11 is 5.01. The zero-order valence-electron chi connectivity index (χ0n) is 12.3. The lowest BCUT2D eigenvalue weighted by Gasteiger charge is -2.00. The fourth-order valence-electron chi connectivity index (χ4n) is 1.95. The van der Waals surface area contributed by atoms with Gasteiger partial charge in [0.25, 0.3) is 0 Å². The van der Waals surface area contributed by atoms with E-state index < -0.39 is 0 Å². The highest BCUT2D eigenvalue weighted by Gasteiger charge is 2.10. The van der Waals surface area contributed by atoms with Crippen molar-refractivity contribution in [1.82, 2.24) is 4.98 Å². The molecule has 0 saturated heterocycles. The van der Waals surface area contributed by atoms with E-state index in [9.17, 15) is 4.79 Å². The zero-order chi connectivity index (χ0) is 15.2. The van der Waals surface area contributed by atoms with Gasteiger partial charge in [0, 0.05) is 22.2 Å². The molecule has 0 aliphatic rings. The van der Waals surface area contributed by atoms with Crippen LogP contribution < -0.4 is 5.32 Å². The van der Waals surface area contributed by atoms with Crippen molar-refractivity contribution < 1.29 is 4.79 Å². The van der Waals surface area contributed by atoms with Crippen LogP contribution in [0, 0.1) is 6.92 Å². The smallest absolute Gasteiger partial charge is 0.226 e. The highest BCUT2D eigenvalue weighted by Crippen LogP contribution is 2.26. The van der Waals surface area contributed by atoms with Crippen LogP contribution in [0.15, 0.2) is 28.7 Å². The molecule has 0 aliphatic heterocycles. The Bertz CT molecular complexity index is 607. The Labute approximate surface area is 137 Å². The first-order valence-corrected chi connectivity index (χ1v) is 8.70. The third-order valence-corrected chi connectivity index (χ3v) is 4.78. The topological polar surface area (TPSA) is 42.0 Å². The van der Waals surface area contributed by atoms with E-state index in [0.717, 1.165) is 29.4 Å². The minimum absolute atomic E-state index is 0.0563. The second-order valence-corrected chi connectivity index (χ2v) is 6.98. The third-order valence-electron chi connectivity index (χ3n) is 3.17. The predicted octanol–water partition coefficient (Wildman–Crippen LogP) is 4.93. The number of hydrogen-bond acceptors (Lipinski definition) is 3. The van der Waals surface area contributed by atoms with Crippen LogP contribution in [0.4, 0.5) is 5.13 Å². The van der Waals surface area contributed by atoms with Gasteiger partial charge in [-0.25, -0.2) is 4.98 Å². The van der Waals surface area contributed by atoms with Gasteiger partial charge in [-0.1, -0.05) is 41.4 Å². The van der Waals surface area contributed by atoms with E-state index in [-0.39, 0.29) is 5.91 Å². The molecule has 1 aromatic carbocycles. The van der Waals surface area contributed by atoms with Crippen LogP contribution in [-0.2, 0) is 11.2 Å². The summed E-state index contributed by atoms with van der Waals surface area (Å²) in [4.78, 5) is 17.4. The van der Waals surface area contributed by atoms with Crippen LogP contribution >= 0.6 is 27.3 Å². The van der Waals surface area contributed by atoms with Crippen molar-refractivity contribution in [1.29, 1.82) is 0 Å². The fraction of sp³-hybridized carbons (Fsp3) is 0.375. The molecule has 1 aromatic heterocycles. The van der Waals surface area contributed by atoms with Crippen molar-refractivity contribution in [2.24, 2.45) is 0 Å². The van der Waals surface area contributed by atoms with Crippen LogP contribution in [0.1, 0.15) is 42.3 Å². The van der Waals surface area contributed by atoms with Gasteiger partial charge >= 0.3 is 0 Å². The number of aromatic nitrogens is 1. The largest absolute Gasteiger partial charge is 0.302 e. The van der Waals surface area contributed by atoms with E-state index >= 15 is 0 Å². The summed E-state index contributed by atoms with van der Waals surface area (Å²) in [5.41, 5.74) is 2.24. The van der Waals surface area contributed by atoms with Crippen LogP contribution in [0.2, 0.25) is 0 Å². The molecule has 1 N–H and O–H groups in total. The Balaban J connectivity index is 2.01. The van der Waals surface area contributed by atoms with Crippen LogP contribution in [-0.4, -0.2) is 10.9 Å². The zero-order valence-corrected chi connectivity index (χ0v) is 14.7. The van der Waals surface area contributed by atoms with Gasteiger partial charge in [-0.2, -0.15) is 0 Å². The number of nitrogens with zero attached hydrogens (tertiary/aromatic N) is 1. The summed E-state index contributed by atoms with van der Waals surface area (Å²) in [5, 5.41) is 3.60. The molecule has 3 nitrogen and oxygen atoms in total. The van der Waals surface area contributed by atoms with Crippen molar-refractivity contribution in [3.8, 4) is 0 Å². The van der Waals surface area contributed by atoms with Crippen LogP contribution in [0.3, 0.4) is 0 Å². The molecule has 21 heavy (non-hydrogen) atoms. The molecular weight excluding hydrogens is 348 g/mol. The minimum Gasteiger partial charge on any atom is -0.302 e. The van der Waals surface area contributed by atoms with Gasteiger partial charge in [-0.15, -0.1) is 11.3 Å². The quantitative estimate of drug-likeness (QED) is 0.786. The van der Waals surface area contributed by atoms with Crippen molar-refractivity contribution in [3.63, 3.8) is 0 Å². The van der Waals surface area contributed by atoms with Gasteiger partial charge in [0.05, 0.1) is 5.69 Å². The van der Waals surface area contributed by atoms with E-state index in [1.807, 2.05) is 19.1 Å². The number of unbranched alkanes of at least 4 members (excludes halogenated alkanes) is 1. The van der Waals surface area contributed by atoms with Gasteiger partial charge < -0.3 is 5.32 Å². The molecule has 0 aliphatic carbocycles. The summed E-state index contributed by atoms with van der Waals surface area (Å²) in [6.45, 7) is 4.07. The first-order valence-electron chi connectivity index (χ1n) is 7.09. The first-order chi connectivity index (χ1) is 10.1. The van der Waals surface area contributed by atoms with Gasteiger partial charge in [-0.05, 0) is 31.0 Å². The normalized spacial score (nSPS) is 10.6. The maximum absolute atomic E-state index is 11.7. The van der Waals surface area contributed by atoms with Crippen molar-refractivity contribution >= 4 is 38.3 Å². The van der Waals surface area contributed by atoms with E-state index in [4.69, 9.17) is 0 Å². The molecule has 0 spiro atoms. The fourth-order valence-corrected chi connectivity index (χ4v) is 3.23. The Morgan fingerprint density at radius 1 is 1.33 bits per heavy atom. The SMILES string of the molecule is CCCCC(=O)Nc1nc(C)c(Cc2ccc(Br)cc2)s1. The van der Waals surface area contributed by atoms with Crippen molar-refractivity contribution in [3.05, 3.63) is 44.9 Å².